The van der Waals surface area contributed by atoms with E-state index in [0.717, 1.165) is 11.1 Å². The highest BCUT2D eigenvalue weighted by molar-refractivity contribution is 5.98. The Balaban J connectivity index is 1.57. The molecule has 0 aliphatic heterocycles. The second-order valence-corrected chi connectivity index (χ2v) is 6.30. The number of carbonyl (C=O) groups is 2. The maximum atomic E-state index is 12.3. The fraction of sp³-hybridized carbons (Fsp3) is 0.167. The van der Waals surface area contributed by atoms with Crippen molar-refractivity contribution in [3.63, 3.8) is 0 Å². The molecule has 3 aromatic rings. The predicted octanol–water partition coefficient (Wildman–Crippen LogP) is 4.18. The third-order valence-electron chi connectivity index (χ3n) is 4.39. The van der Waals surface area contributed by atoms with Gasteiger partial charge in [-0.25, -0.2) is 4.79 Å². The number of ketones is 1. The van der Waals surface area contributed by atoms with Gasteiger partial charge in [0.05, 0.1) is 14.2 Å². The normalized spacial score (nSPS) is 10.2. The van der Waals surface area contributed by atoms with Crippen molar-refractivity contribution in [2.45, 2.75) is 0 Å². The van der Waals surface area contributed by atoms with Crippen LogP contribution in [0.5, 0.6) is 17.2 Å². The third-order valence-corrected chi connectivity index (χ3v) is 4.39. The molecular weight excluding hydrogens is 384 g/mol. The second kappa shape index (κ2) is 10.1. The number of rotatable bonds is 9. The Kier molecular flexibility index (Phi) is 7.05. The van der Waals surface area contributed by atoms with Gasteiger partial charge in [0.2, 0.25) is 0 Å². The predicted molar refractivity (Wildman–Crippen MR) is 112 cm³/mol. The zero-order chi connectivity index (χ0) is 21.3. The fourth-order valence-electron chi connectivity index (χ4n) is 2.87. The van der Waals surface area contributed by atoms with E-state index in [-0.39, 0.29) is 12.4 Å². The fourth-order valence-corrected chi connectivity index (χ4v) is 2.87. The summed E-state index contributed by atoms with van der Waals surface area (Å²) in [7, 11) is 2.99. The van der Waals surface area contributed by atoms with Crippen LogP contribution in [0, 0.1) is 0 Å². The molecule has 154 valence electrons. The molecule has 0 aromatic heterocycles. The molecule has 0 bridgehead atoms. The molecule has 3 rings (SSSR count). The van der Waals surface area contributed by atoms with E-state index < -0.39 is 12.6 Å². The van der Waals surface area contributed by atoms with Crippen LogP contribution >= 0.6 is 0 Å². The van der Waals surface area contributed by atoms with E-state index in [9.17, 15) is 9.59 Å². The maximum absolute atomic E-state index is 12.3. The van der Waals surface area contributed by atoms with Gasteiger partial charge in [-0.1, -0.05) is 48.5 Å². The van der Waals surface area contributed by atoms with Crippen molar-refractivity contribution < 1.29 is 28.5 Å². The van der Waals surface area contributed by atoms with Crippen molar-refractivity contribution in [2.75, 3.05) is 27.4 Å². The first kappa shape index (κ1) is 20.9. The Morgan fingerprint density at radius 3 is 2.17 bits per heavy atom. The van der Waals surface area contributed by atoms with Crippen molar-refractivity contribution >= 4 is 11.8 Å². The molecule has 0 spiro atoms. The van der Waals surface area contributed by atoms with E-state index in [1.54, 1.807) is 24.3 Å². The van der Waals surface area contributed by atoms with Crippen molar-refractivity contribution in [2.24, 2.45) is 0 Å². The zero-order valence-electron chi connectivity index (χ0n) is 16.8. The van der Waals surface area contributed by atoms with Gasteiger partial charge in [-0.05, 0) is 29.8 Å². The molecule has 0 saturated carbocycles. The molecule has 0 N–H and O–H groups in total. The molecule has 6 heteroatoms. The molecule has 0 saturated heterocycles. The van der Waals surface area contributed by atoms with Crippen LogP contribution < -0.4 is 14.2 Å². The van der Waals surface area contributed by atoms with Gasteiger partial charge in [-0.2, -0.15) is 0 Å². The van der Waals surface area contributed by atoms with E-state index in [2.05, 4.69) is 0 Å². The number of esters is 1. The minimum Gasteiger partial charge on any atom is -0.493 e. The van der Waals surface area contributed by atoms with Crippen LogP contribution in [-0.2, 0) is 9.53 Å². The minimum absolute atomic E-state index is 0.303. The summed E-state index contributed by atoms with van der Waals surface area (Å²) in [5.74, 6) is 0.514. The van der Waals surface area contributed by atoms with Crippen molar-refractivity contribution in [1.82, 2.24) is 0 Å². The average molecular weight is 406 g/mol. The smallest absolute Gasteiger partial charge is 0.344 e. The van der Waals surface area contributed by atoms with Crippen LogP contribution in [0.1, 0.15) is 10.4 Å². The summed E-state index contributed by atoms with van der Waals surface area (Å²) < 4.78 is 21.0. The first-order valence-corrected chi connectivity index (χ1v) is 9.30. The minimum atomic E-state index is -0.633. The van der Waals surface area contributed by atoms with Gasteiger partial charge in [-0.3, -0.25) is 4.79 Å². The second-order valence-electron chi connectivity index (χ2n) is 6.30. The Hall–Kier alpha value is -3.80. The van der Waals surface area contributed by atoms with Crippen molar-refractivity contribution in [3.05, 3.63) is 78.4 Å². The monoisotopic (exact) mass is 406 g/mol. The van der Waals surface area contributed by atoms with Gasteiger partial charge >= 0.3 is 5.97 Å². The summed E-state index contributed by atoms with van der Waals surface area (Å²) in [5, 5.41) is 0. The summed E-state index contributed by atoms with van der Waals surface area (Å²) in [4.78, 5) is 24.4. The quantitative estimate of drug-likeness (QED) is 0.392. The molecule has 0 aliphatic carbocycles. The van der Waals surface area contributed by atoms with Gasteiger partial charge in [0.1, 0.15) is 5.75 Å². The maximum Gasteiger partial charge on any atom is 0.344 e. The number of methoxy groups -OCH3 is 2. The number of ether oxygens (including phenoxy) is 4. The van der Waals surface area contributed by atoms with Crippen molar-refractivity contribution in [3.8, 4) is 28.4 Å². The first-order chi connectivity index (χ1) is 14.6. The Labute approximate surface area is 175 Å². The summed E-state index contributed by atoms with van der Waals surface area (Å²) in [6.07, 6.45) is 0. The van der Waals surface area contributed by atoms with Crippen LogP contribution in [0.15, 0.2) is 72.8 Å². The molecule has 0 radical (unpaired) electrons. The highest BCUT2D eigenvalue weighted by Gasteiger charge is 2.14. The first-order valence-electron chi connectivity index (χ1n) is 9.30. The molecule has 6 nitrogen and oxygen atoms in total. The van der Waals surface area contributed by atoms with Crippen LogP contribution in [0.25, 0.3) is 11.1 Å². The molecule has 30 heavy (non-hydrogen) atoms. The summed E-state index contributed by atoms with van der Waals surface area (Å²) in [5.41, 5.74) is 2.20. The van der Waals surface area contributed by atoms with E-state index in [1.807, 2.05) is 48.5 Å². The number of hydrogen-bond donors (Lipinski definition) is 0. The molecule has 0 amide bonds. The number of para-hydroxylation sites is 1. The highest BCUT2D eigenvalue weighted by Crippen LogP contribution is 2.30. The molecule has 3 aromatic carbocycles. The number of benzene rings is 3. The summed E-state index contributed by atoms with van der Waals surface area (Å²) in [6.45, 7) is -0.693. The molecule has 0 fully saturated rings. The number of hydrogen-bond acceptors (Lipinski definition) is 6. The van der Waals surface area contributed by atoms with E-state index >= 15 is 0 Å². The van der Waals surface area contributed by atoms with Gasteiger partial charge in [0, 0.05) is 11.1 Å². The lowest BCUT2D eigenvalue weighted by atomic mass is 10.1. The molecular formula is C24H22O6. The van der Waals surface area contributed by atoms with E-state index in [4.69, 9.17) is 18.9 Å². The molecule has 0 atom stereocenters. The lowest BCUT2D eigenvalue weighted by Gasteiger charge is -2.12. The molecule has 0 aliphatic rings. The van der Waals surface area contributed by atoms with Crippen molar-refractivity contribution in [1.29, 1.82) is 0 Å². The standard InChI is InChI=1S/C24H22O6/c1-27-22-13-12-18(14-23(22)28-2)20(25)15-30-24(26)16-29-21-11-7-6-10-19(21)17-8-4-3-5-9-17/h3-14H,15-16H2,1-2H3. The average Bonchev–Trinajstić information content (AvgIpc) is 2.81. The van der Waals surface area contributed by atoms with Gasteiger partial charge in [0.25, 0.3) is 0 Å². The lowest BCUT2D eigenvalue weighted by Crippen LogP contribution is -2.19. The SMILES string of the molecule is COc1ccc(C(=O)COC(=O)COc2ccccc2-c2ccccc2)cc1OC. The van der Waals surface area contributed by atoms with E-state index in [1.165, 1.54) is 14.2 Å². The third kappa shape index (κ3) is 5.17. The lowest BCUT2D eigenvalue weighted by molar-refractivity contribution is -0.144. The Morgan fingerprint density at radius 1 is 0.733 bits per heavy atom. The number of Topliss-reactive ketones (excluding diaryl/α,β-unsaturated/α-hetero) is 1. The van der Waals surface area contributed by atoms with Gasteiger partial charge < -0.3 is 18.9 Å². The van der Waals surface area contributed by atoms with Crippen LogP contribution in [0.2, 0.25) is 0 Å². The molecule has 0 heterocycles. The van der Waals surface area contributed by atoms with Crippen LogP contribution in [0.3, 0.4) is 0 Å². The summed E-state index contributed by atoms with van der Waals surface area (Å²) in [6, 6.07) is 21.9. The highest BCUT2D eigenvalue weighted by atomic mass is 16.6. The van der Waals surface area contributed by atoms with Gasteiger partial charge in [-0.15, -0.1) is 0 Å². The number of carbonyl (C=O) groups excluding carboxylic acids is 2. The van der Waals surface area contributed by atoms with Crippen LogP contribution in [-0.4, -0.2) is 39.2 Å². The largest absolute Gasteiger partial charge is 0.493 e. The van der Waals surface area contributed by atoms with Gasteiger partial charge in [0.15, 0.2) is 30.5 Å². The van der Waals surface area contributed by atoms with E-state index in [0.29, 0.717) is 22.8 Å². The Morgan fingerprint density at radius 2 is 1.43 bits per heavy atom. The zero-order valence-corrected chi connectivity index (χ0v) is 16.8. The van der Waals surface area contributed by atoms with Crippen LogP contribution in [0.4, 0.5) is 0 Å². The molecule has 0 unspecified atom stereocenters. The Bertz CT molecular complexity index is 1010. The summed E-state index contributed by atoms with van der Waals surface area (Å²) >= 11 is 0. The topological polar surface area (TPSA) is 71.1 Å².